The van der Waals surface area contributed by atoms with Gasteiger partial charge in [-0.25, -0.2) is 14.1 Å². The van der Waals surface area contributed by atoms with Gasteiger partial charge in [0, 0.05) is 5.92 Å². The number of aromatic nitrogens is 3. The number of rotatable bonds is 2. The van der Waals surface area contributed by atoms with Crippen LogP contribution in [0.25, 0.3) is 0 Å². The van der Waals surface area contributed by atoms with Crippen molar-refractivity contribution in [2.75, 3.05) is 0 Å². The predicted octanol–water partition coefficient (Wildman–Crippen LogP) is 2.69. The summed E-state index contributed by atoms with van der Waals surface area (Å²) < 4.78 is 15.6. The molecule has 1 aliphatic heterocycles. The third-order valence-corrected chi connectivity index (χ3v) is 3.59. The molecule has 3 rings (SSSR count). The molecular weight excluding hydrogens is 240 g/mol. The first-order chi connectivity index (χ1) is 8.97. The minimum atomic E-state index is -1.99. The molecule has 3 atom stereocenters. The molecule has 1 aromatic carbocycles. The fourth-order valence-corrected chi connectivity index (χ4v) is 2.60. The summed E-state index contributed by atoms with van der Waals surface area (Å²) >= 11 is 0. The van der Waals surface area contributed by atoms with Crippen LogP contribution in [0.15, 0.2) is 30.3 Å². The van der Waals surface area contributed by atoms with E-state index in [0.29, 0.717) is 0 Å². The summed E-state index contributed by atoms with van der Waals surface area (Å²) in [7, 11) is 5.44. The number of nitrogens with zero attached hydrogens (tertiary/aromatic N) is 3. The van der Waals surface area contributed by atoms with Gasteiger partial charge in [-0.3, -0.25) is 0 Å². The molecule has 5 heteroatoms. The first-order valence-electron chi connectivity index (χ1n) is 6.46. The van der Waals surface area contributed by atoms with Crippen molar-refractivity contribution in [3.8, 4) is 0 Å². The van der Waals surface area contributed by atoms with Gasteiger partial charge in [0.2, 0.25) is 0 Å². The van der Waals surface area contributed by atoms with Crippen LogP contribution in [0.3, 0.4) is 0 Å². The summed E-state index contributed by atoms with van der Waals surface area (Å²) in [5.74, 6) is 1.14. The Labute approximate surface area is 113 Å². The lowest BCUT2D eigenvalue weighted by Crippen LogP contribution is -2.18. The zero-order chi connectivity index (χ0) is 13.6. The van der Waals surface area contributed by atoms with E-state index < -0.39 is 5.57 Å². The lowest BCUT2D eigenvalue weighted by atomic mass is 9.85. The molecule has 0 amide bonds. The van der Waals surface area contributed by atoms with Crippen LogP contribution in [-0.4, -0.2) is 22.6 Å². The zero-order valence-corrected chi connectivity index (χ0v) is 11.0. The molecule has 96 valence electrons. The van der Waals surface area contributed by atoms with Gasteiger partial charge in [-0.1, -0.05) is 37.3 Å². The molecule has 0 spiro atoms. The lowest BCUT2D eigenvalue weighted by Gasteiger charge is -2.14. The maximum Gasteiger partial charge on any atom is 0.177 e. The van der Waals surface area contributed by atoms with E-state index in [1.54, 1.807) is 0 Å². The molecule has 2 radical (unpaired) electrons. The molecule has 3 nitrogen and oxygen atoms in total. The van der Waals surface area contributed by atoms with Crippen LogP contribution < -0.4 is 0 Å². The predicted molar refractivity (Wildman–Crippen MR) is 71.8 cm³/mol. The molecular formula is C14H15BFN3. The molecule has 19 heavy (non-hydrogen) atoms. The van der Waals surface area contributed by atoms with Gasteiger partial charge in [0.05, 0.1) is 6.04 Å². The topological polar surface area (TPSA) is 30.7 Å². The van der Waals surface area contributed by atoms with E-state index in [1.807, 2.05) is 22.9 Å². The summed E-state index contributed by atoms with van der Waals surface area (Å²) in [6.45, 7) is 3.36. The zero-order valence-electron chi connectivity index (χ0n) is 11.0. The minimum absolute atomic E-state index is 0.0648. The molecule has 0 saturated carbocycles. The monoisotopic (exact) mass is 255 g/mol. The van der Waals surface area contributed by atoms with Crippen LogP contribution in [0.5, 0.6) is 0 Å². The molecule has 1 aromatic heterocycles. The Kier molecular flexibility index (Phi) is 2.73. The average Bonchev–Trinajstić information content (AvgIpc) is 2.91. The third kappa shape index (κ3) is 2.07. The Morgan fingerprint density at radius 3 is 2.68 bits per heavy atom. The number of benzene rings is 1. The van der Waals surface area contributed by atoms with Gasteiger partial charge in [0.1, 0.15) is 19.2 Å². The molecule has 0 saturated heterocycles. The number of halogens is 1. The Morgan fingerprint density at radius 2 is 2.05 bits per heavy atom. The average molecular weight is 255 g/mol. The molecule has 0 fully saturated rings. The Hall–Kier alpha value is -1.65. The minimum Gasteiger partial charge on any atom is -0.247 e. The molecule has 0 aliphatic carbocycles. The van der Waals surface area contributed by atoms with E-state index in [0.717, 1.165) is 12.2 Å². The second-order valence-corrected chi connectivity index (χ2v) is 5.38. The number of fused-ring (bicyclic) bond motifs is 1. The second kappa shape index (κ2) is 4.18. The van der Waals surface area contributed by atoms with Crippen molar-refractivity contribution in [1.82, 2.24) is 14.8 Å². The molecule has 3 unspecified atom stereocenters. The van der Waals surface area contributed by atoms with Crippen molar-refractivity contribution in [2.45, 2.75) is 37.8 Å². The smallest absolute Gasteiger partial charge is 0.177 e. The highest BCUT2D eigenvalue weighted by Crippen LogP contribution is 2.39. The first-order valence-corrected chi connectivity index (χ1v) is 6.46. The molecule has 2 heterocycles. The van der Waals surface area contributed by atoms with Crippen molar-refractivity contribution >= 4 is 7.85 Å². The highest BCUT2D eigenvalue weighted by molar-refractivity contribution is 6.13. The van der Waals surface area contributed by atoms with Crippen molar-refractivity contribution in [2.24, 2.45) is 0 Å². The lowest BCUT2D eigenvalue weighted by molar-refractivity contribution is 0.293. The van der Waals surface area contributed by atoms with E-state index in [9.17, 15) is 4.39 Å². The van der Waals surface area contributed by atoms with Gasteiger partial charge in [-0.05, 0) is 18.9 Å². The van der Waals surface area contributed by atoms with Crippen LogP contribution in [0.1, 0.15) is 49.4 Å². The largest absolute Gasteiger partial charge is 0.247 e. The Bertz CT molecular complexity index is 588. The SMILES string of the molecule is [B]C(C)(F)c1nc2n(n1)C(c1ccccc1)CC2C. The molecule has 2 aromatic rings. The van der Waals surface area contributed by atoms with Crippen LogP contribution in [0.4, 0.5) is 4.39 Å². The number of hydrogen-bond donors (Lipinski definition) is 0. The van der Waals surface area contributed by atoms with E-state index in [4.69, 9.17) is 7.85 Å². The van der Waals surface area contributed by atoms with Crippen LogP contribution >= 0.6 is 0 Å². The molecule has 0 bridgehead atoms. The van der Waals surface area contributed by atoms with Gasteiger partial charge in [0.15, 0.2) is 5.82 Å². The second-order valence-electron chi connectivity index (χ2n) is 5.38. The number of alkyl halides is 1. The first kappa shape index (κ1) is 12.4. The summed E-state index contributed by atoms with van der Waals surface area (Å²) in [5, 5.41) is 4.28. The third-order valence-electron chi connectivity index (χ3n) is 3.59. The van der Waals surface area contributed by atoms with Crippen molar-refractivity contribution < 1.29 is 4.39 Å². The highest BCUT2D eigenvalue weighted by atomic mass is 19.1. The van der Waals surface area contributed by atoms with Crippen LogP contribution in [0.2, 0.25) is 0 Å². The van der Waals surface area contributed by atoms with E-state index in [1.165, 1.54) is 12.5 Å². The van der Waals surface area contributed by atoms with Gasteiger partial charge < -0.3 is 0 Å². The summed E-state index contributed by atoms with van der Waals surface area (Å²) in [4.78, 5) is 4.27. The fraction of sp³-hybridized carbons (Fsp3) is 0.429. The number of hydrogen-bond acceptors (Lipinski definition) is 2. The van der Waals surface area contributed by atoms with Crippen molar-refractivity contribution in [1.29, 1.82) is 0 Å². The Morgan fingerprint density at radius 1 is 1.37 bits per heavy atom. The van der Waals surface area contributed by atoms with E-state index in [-0.39, 0.29) is 17.8 Å². The van der Waals surface area contributed by atoms with Crippen LogP contribution in [-0.2, 0) is 5.57 Å². The quantitative estimate of drug-likeness (QED) is 0.772. The Balaban J connectivity index is 2.04. The van der Waals surface area contributed by atoms with Gasteiger partial charge >= 0.3 is 0 Å². The normalized spacial score (nSPS) is 25.0. The van der Waals surface area contributed by atoms with Crippen molar-refractivity contribution in [3.63, 3.8) is 0 Å². The molecule has 0 N–H and O–H groups in total. The maximum atomic E-state index is 13.8. The van der Waals surface area contributed by atoms with E-state index >= 15 is 0 Å². The van der Waals surface area contributed by atoms with Crippen LogP contribution in [0, 0.1) is 0 Å². The van der Waals surface area contributed by atoms with E-state index in [2.05, 4.69) is 29.1 Å². The van der Waals surface area contributed by atoms with Crippen molar-refractivity contribution in [3.05, 3.63) is 47.5 Å². The highest BCUT2D eigenvalue weighted by Gasteiger charge is 2.35. The summed E-state index contributed by atoms with van der Waals surface area (Å²) in [5.41, 5.74) is -0.819. The standard InChI is InChI=1S/C14H15BFN3/c1-9-8-11(10-6-4-3-5-7-10)19-12(9)17-13(18-19)14(2,15)16/h3-7,9,11H,8H2,1-2H3. The fourth-order valence-electron chi connectivity index (χ4n) is 2.60. The van der Waals surface area contributed by atoms with Gasteiger partial charge in [-0.2, -0.15) is 5.10 Å². The molecule has 1 aliphatic rings. The van der Waals surface area contributed by atoms with Gasteiger partial charge in [-0.15, -0.1) is 0 Å². The summed E-state index contributed by atoms with van der Waals surface area (Å²) in [6, 6.07) is 10.2. The maximum absolute atomic E-state index is 13.8. The summed E-state index contributed by atoms with van der Waals surface area (Å²) in [6.07, 6.45) is 0.938. The van der Waals surface area contributed by atoms with Gasteiger partial charge in [0.25, 0.3) is 0 Å².